The van der Waals surface area contributed by atoms with Gasteiger partial charge in [-0.25, -0.2) is 0 Å². The molecular weight excluding hydrogens is 351 g/mol. The third kappa shape index (κ3) is 8.06. The molecule has 3 rings (SSSR count). The summed E-state index contributed by atoms with van der Waals surface area (Å²) in [7, 11) is 0. The van der Waals surface area contributed by atoms with Crippen molar-refractivity contribution in [3.8, 4) is 0 Å². The first-order valence-corrected chi connectivity index (χ1v) is 13.5. The van der Waals surface area contributed by atoms with Gasteiger partial charge in [-0.05, 0) is 36.0 Å². The molecule has 0 saturated heterocycles. The van der Waals surface area contributed by atoms with E-state index in [0.29, 0.717) is 0 Å². The van der Waals surface area contributed by atoms with E-state index in [1.165, 1.54) is 71.1 Å². The third-order valence-electron chi connectivity index (χ3n) is 5.76. The monoisotopic (exact) mass is 384 g/mol. The molecule has 0 nitrogen and oxygen atoms in total. The van der Waals surface area contributed by atoms with Crippen LogP contribution >= 0.6 is 0 Å². The fourth-order valence-electron chi connectivity index (χ4n) is 4.15. The van der Waals surface area contributed by atoms with Crippen molar-refractivity contribution in [3.05, 3.63) is 108 Å². The summed E-state index contributed by atoms with van der Waals surface area (Å²) in [5.74, 6) is 0. The van der Waals surface area contributed by atoms with E-state index in [4.69, 9.17) is 0 Å². The van der Waals surface area contributed by atoms with Gasteiger partial charge in [0.05, 0.1) is 0 Å². The first-order valence-electron chi connectivity index (χ1n) is 11.0. The van der Waals surface area contributed by atoms with Crippen LogP contribution in [0.15, 0.2) is 91.0 Å². The van der Waals surface area contributed by atoms with Gasteiger partial charge >= 0.3 is 0 Å². The lowest BCUT2D eigenvalue weighted by molar-refractivity contribution is 0.840. The number of hydrogen-bond acceptors (Lipinski definition) is 0. The van der Waals surface area contributed by atoms with Crippen LogP contribution in [-0.4, -0.2) is 14.1 Å². The standard InChI is InChI=1S/3C9H11.Al/c3*1-2-6-9-7-4-3-5-8-9;/h3*3-5,7-8H,1-2,6H2;. The average Bonchev–Trinajstić information content (AvgIpc) is 2.76. The molecule has 0 aromatic heterocycles. The molecule has 0 heterocycles. The highest BCUT2D eigenvalue weighted by atomic mass is 27.2. The van der Waals surface area contributed by atoms with Crippen molar-refractivity contribution in [2.45, 2.75) is 54.4 Å². The molecule has 0 bridgehead atoms. The van der Waals surface area contributed by atoms with E-state index in [9.17, 15) is 0 Å². The van der Waals surface area contributed by atoms with E-state index in [-0.39, 0.29) is 0 Å². The molecule has 0 aliphatic heterocycles. The normalized spacial score (nSPS) is 10.7. The molecule has 0 aliphatic carbocycles. The zero-order chi connectivity index (χ0) is 19.3. The maximum absolute atomic E-state index is 2.28. The van der Waals surface area contributed by atoms with Crippen LogP contribution < -0.4 is 0 Å². The molecule has 0 N–H and O–H groups in total. The van der Waals surface area contributed by atoms with E-state index in [1.807, 2.05) is 0 Å². The number of aryl methyl sites for hydroxylation is 3. The van der Waals surface area contributed by atoms with Crippen molar-refractivity contribution in [2.24, 2.45) is 0 Å². The summed E-state index contributed by atoms with van der Waals surface area (Å²) in [6, 6.07) is 33.1. The van der Waals surface area contributed by atoms with Crippen LogP contribution in [0.4, 0.5) is 0 Å². The second-order valence-corrected chi connectivity index (χ2v) is 11.5. The Morgan fingerprint density at radius 1 is 0.393 bits per heavy atom. The first kappa shape index (κ1) is 20.9. The Hall–Kier alpha value is -1.81. The summed E-state index contributed by atoms with van der Waals surface area (Å²) in [4.78, 5) is 0. The van der Waals surface area contributed by atoms with Gasteiger partial charge in [0.15, 0.2) is 0 Å². The Morgan fingerprint density at radius 2 is 0.679 bits per heavy atom. The molecule has 0 spiro atoms. The van der Waals surface area contributed by atoms with E-state index in [0.717, 1.165) is 0 Å². The molecule has 0 amide bonds. The Bertz CT molecular complexity index is 644. The predicted octanol–water partition coefficient (Wildman–Crippen LogP) is 7.38. The second-order valence-electron chi connectivity index (χ2n) is 8.00. The maximum Gasteiger partial charge on any atom is 0.261 e. The predicted molar refractivity (Wildman–Crippen MR) is 124 cm³/mol. The Kier molecular flexibility index (Phi) is 9.42. The third-order valence-corrected chi connectivity index (χ3v) is 9.44. The van der Waals surface area contributed by atoms with Gasteiger partial charge in [-0.1, -0.05) is 126 Å². The van der Waals surface area contributed by atoms with Crippen LogP contribution in [0.5, 0.6) is 0 Å². The number of rotatable bonds is 12. The molecule has 144 valence electrons. The summed E-state index contributed by atoms with van der Waals surface area (Å²) >= 11 is -0.657. The summed E-state index contributed by atoms with van der Waals surface area (Å²) < 4.78 is 0. The van der Waals surface area contributed by atoms with E-state index in [2.05, 4.69) is 91.0 Å². The van der Waals surface area contributed by atoms with Crippen molar-refractivity contribution in [1.82, 2.24) is 0 Å². The van der Waals surface area contributed by atoms with Gasteiger partial charge in [-0.3, -0.25) is 0 Å². The average molecular weight is 385 g/mol. The molecule has 0 fully saturated rings. The highest BCUT2D eigenvalue weighted by Gasteiger charge is 2.16. The van der Waals surface area contributed by atoms with Crippen LogP contribution in [0.3, 0.4) is 0 Å². The van der Waals surface area contributed by atoms with E-state index >= 15 is 0 Å². The van der Waals surface area contributed by atoms with Gasteiger partial charge in [-0.2, -0.15) is 0 Å². The van der Waals surface area contributed by atoms with Crippen molar-refractivity contribution in [3.63, 3.8) is 0 Å². The van der Waals surface area contributed by atoms with Crippen molar-refractivity contribution >= 4 is 14.1 Å². The molecule has 0 radical (unpaired) electrons. The minimum atomic E-state index is -0.657. The minimum absolute atomic E-state index is 0.657. The summed E-state index contributed by atoms with van der Waals surface area (Å²) in [6.07, 6.45) is 7.87. The van der Waals surface area contributed by atoms with Crippen LogP contribution in [0.25, 0.3) is 0 Å². The van der Waals surface area contributed by atoms with Gasteiger partial charge in [0.2, 0.25) is 0 Å². The Labute approximate surface area is 176 Å². The molecule has 3 aromatic carbocycles. The topological polar surface area (TPSA) is 0 Å². The van der Waals surface area contributed by atoms with E-state index in [1.54, 1.807) is 0 Å². The van der Waals surface area contributed by atoms with Gasteiger partial charge < -0.3 is 0 Å². The smallest absolute Gasteiger partial charge is 0.0935 e. The molecule has 0 unspecified atom stereocenters. The van der Waals surface area contributed by atoms with E-state index < -0.39 is 14.1 Å². The fraction of sp³-hybridized carbons (Fsp3) is 0.333. The summed E-state index contributed by atoms with van der Waals surface area (Å²) in [5.41, 5.74) is 4.51. The minimum Gasteiger partial charge on any atom is -0.0935 e. The van der Waals surface area contributed by atoms with Gasteiger partial charge in [0.1, 0.15) is 0 Å². The largest absolute Gasteiger partial charge is 0.261 e. The lowest BCUT2D eigenvalue weighted by Gasteiger charge is -2.12. The Balaban J connectivity index is 1.44. The summed E-state index contributed by atoms with van der Waals surface area (Å²) in [5, 5.41) is 4.50. The highest BCUT2D eigenvalue weighted by Crippen LogP contribution is 2.19. The maximum atomic E-state index is 2.28. The van der Waals surface area contributed by atoms with Crippen molar-refractivity contribution in [2.75, 3.05) is 0 Å². The highest BCUT2D eigenvalue weighted by molar-refractivity contribution is 6.58. The zero-order valence-corrected chi connectivity index (χ0v) is 18.3. The van der Waals surface area contributed by atoms with Gasteiger partial charge in [-0.15, -0.1) is 0 Å². The molecule has 1 heteroatoms. The molecular formula is C27H33Al. The number of hydrogen-bond donors (Lipinski definition) is 0. The SMILES string of the molecule is c1ccc(CC[CH2][Al]([CH2]CCc2ccccc2)[CH2]CCc2ccccc2)cc1. The quantitative estimate of drug-likeness (QED) is 0.286. The number of benzene rings is 3. The van der Waals surface area contributed by atoms with Crippen LogP contribution in [0, 0.1) is 0 Å². The fourth-order valence-corrected chi connectivity index (χ4v) is 7.36. The van der Waals surface area contributed by atoms with Gasteiger partial charge in [0, 0.05) is 0 Å². The molecule has 28 heavy (non-hydrogen) atoms. The molecule has 0 aliphatic rings. The van der Waals surface area contributed by atoms with Crippen LogP contribution in [0.2, 0.25) is 15.8 Å². The van der Waals surface area contributed by atoms with Crippen molar-refractivity contribution < 1.29 is 0 Å². The lowest BCUT2D eigenvalue weighted by Crippen LogP contribution is -2.13. The summed E-state index contributed by atoms with van der Waals surface area (Å²) in [6.45, 7) is 0. The zero-order valence-electron chi connectivity index (χ0n) is 17.1. The van der Waals surface area contributed by atoms with Crippen molar-refractivity contribution in [1.29, 1.82) is 0 Å². The molecule has 0 saturated carbocycles. The van der Waals surface area contributed by atoms with Crippen LogP contribution in [-0.2, 0) is 19.3 Å². The molecule has 0 atom stereocenters. The second kappa shape index (κ2) is 12.6. The van der Waals surface area contributed by atoms with Gasteiger partial charge in [0.25, 0.3) is 14.1 Å². The first-order chi connectivity index (χ1) is 13.9. The van der Waals surface area contributed by atoms with Crippen LogP contribution in [0.1, 0.15) is 36.0 Å². The lowest BCUT2D eigenvalue weighted by atomic mass is 10.1. The molecule has 3 aromatic rings. The Morgan fingerprint density at radius 3 is 0.964 bits per heavy atom.